The number of H-pyrrole nitrogens is 1. The van der Waals surface area contributed by atoms with Gasteiger partial charge < -0.3 is 10.1 Å². The summed E-state index contributed by atoms with van der Waals surface area (Å²) in [4.78, 5) is 19.3. The van der Waals surface area contributed by atoms with Crippen LogP contribution in [-0.4, -0.2) is 44.7 Å². The second-order valence-electron chi connectivity index (χ2n) is 8.29. The fourth-order valence-corrected chi connectivity index (χ4v) is 4.44. The summed E-state index contributed by atoms with van der Waals surface area (Å²) >= 11 is 0. The van der Waals surface area contributed by atoms with E-state index in [-0.39, 0.29) is 11.6 Å². The van der Waals surface area contributed by atoms with Crippen LogP contribution in [0.4, 0.5) is 22.0 Å². The van der Waals surface area contributed by atoms with Gasteiger partial charge in [-0.25, -0.2) is 18.6 Å². The molecule has 0 fully saturated rings. The fourth-order valence-electron chi connectivity index (χ4n) is 4.44. The molecule has 2 aliphatic rings. The van der Waals surface area contributed by atoms with Crippen LogP contribution in [0.3, 0.4) is 0 Å². The van der Waals surface area contributed by atoms with Crippen molar-refractivity contribution in [1.29, 1.82) is 0 Å². The van der Waals surface area contributed by atoms with E-state index >= 15 is 0 Å². The molecule has 5 nitrogen and oxygen atoms in total. The number of hydrogen-bond donors (Lipinski definition) is 2. The van der Waals surface area contributed by atoms with Crippen molar-refractivity contribution >= 4 is 5.97 Å². The number of aryl methyl sites for hydroxylation is 1. The van der Waals surface area contributed by atoms with Crippen LogP contribution < -0.4 is 0 Å². The van der Waals surface area contributed by atoms with Gasteiger partial charge >= 0.3 is 12.1 Å². The highest BCUT2D eigenvalue weighted by atomic mass is 19.4. The van der Waals surface area contributed by atoms with Crippen LogP contribution in [0.2, 0.25) is 0 Å². The van der Waals surface area contributed by atoms with Crippen molar-refractivity contribution in [1.82, 2.24) is 14.9 Å². The minimum atomic E-state index is -5.08. The van der Waals surface area contributed by atoms with Crippen LogP contribution in [0.1, 0.15) is 28.9 Å². The van der Waals surface area contributed by atoms with Crippen molar-refractivity contribution in [3.8, 4) is 11.4 Å². The van der Waals surface area contributed by atoms with Crippen molar-refractivity contribution in [2.24, 2.45) is 0 Å². The zero-order chi connectivity index (χ0) is 24.5. The van der Waals surface area contributed by atoms with Gasteiger partial charge in [-0.2, -0.15) is 13.2 Å². The van der Waals surface area contributed by atoms with Crippen molar-refractivity contribution in [3.63, 3.8) is 0 Å². The molecule has 2 heterocycles. The number of fused-ring (bicyclic) bond motifs is 2. The van der Waals surface area contributed by atoms with Crippen LogP contribution in [-0.2, 0) is 30.6 Å². The summed E-state index contributed by atoms with van der Waals surface area (Å²) in [7, 11) is 0. The number of carbonyl (C=O) groups is 1. The van der Waals surface area contributed by atoms with Gasteiger partial charge in [0.05, 0.1) is 17.0 Å². The summed E-state index contributed by atoms with van der Waals surface area (Å²) in [6.07, 6.45) is -1.53. The fraction of sp³-hybridized carbons (Fsp3) is 0.333. The number of aromatic nitrogens is 2. The molecule has 1 aliphatic carbocycles. The monoisotopic (exact) mass is 479 g/mol. The third-order valence-electron chi connectivity index (χ3n) is 6.15. The molecule has 1 atom stereocenters. The molecule has 2 aromatic carbocycles. The molecule has 3 aromatic rings. The number of nitrogens with zero attached hydrogens (tertiary/aromatic N) is 2. The van der Waals surface area contributed by atoms with Crippen molar-refractivity contribution in [2.45, 2.75) is 44.4 Å². The van der Waals surface area contributed by atoms with E-state index in [1.54, 1.807) is 24.3 Å². The SMILES string of the molecule is Fc1ccccc1-c1nc2c([nH]1)CN(C1CCc3cccc(F)c3C1)CC2.O=C(O)C(F)(F)F. The molecule has 0 amide bonds. The number of carboxylic acids is 1. The van der Waals surface area contributed by atoms with Gasteiger partial charge in [0.15, 0.2) is 0 Å². The Morgan fingerprint density at radius 1 is 1.06 bits per heavy atom. The molecule has 10 heteroatoms. The molecule has 0 saturated carbocycles. The normalized spacial score (nSPS) is 17.9. The Balaban J connectivity index is 0.000000344. The molecule has 1 aromatic heterocycles. The Kier molecular flexibility index (Phi) is 6.70. The summed E-state index contributed by atoms with van der Waals surface area (Å²) in [5.74, 6) is -2.51. The third kappa shape index (κ3) is 5.11. The zero-order valence-electron chi connectivity index (χ0n) is 18.0. The zero-order valence-corrected chi connectivity index (χ0v) is 18.0. The lowest BCUT2D eigenvalue weighted by Crippen LogP contribution is -2.42. The molecular formula is C24H22F5N3O2. The van der Waals surface area contributed by atoms with E-state index in [0.29, 0.717) is 17.4 Å². The van der Waals surface area contributed by atoms with Gasteiger partial charge in [0, 0.05) is 25.6 Å². The van der Waals surface area contributed by atoms with Gasteiger partial charge in [-0.1, -0.05) is 24.3 Å². The van der Waals surface area contributed by atoms with Crippen LogP contribution >= 0.6 is 0 Å². The average Bonchev–Trinajstić information content (AvgIpc) is 3.22. The number of benzene rings is 2. The maximum atomic E-state index is 14.2. The number of rotatable bonds is 2. The highest BCUT2D eigenvalue weighted by Crippen LogP contribution is 2.30. The summed E-state index contributed by atoms with van der Waals surface area (Å²) in [5.41, 5.74) is 4.60. The first-order valence-corrected chi connectivity index (χ1v) is 10.8. The van der Waals surface area contributed by atoms with E-state index in [1.807, 2.05) is 12.1 Å². The second kappa shape index (κ2) is 9.54. The maximum absolute atomic E-state index is 14.2. The Morgan fingerprint density at radius 2 is 1.76 bits per heavy atom. The molecule has 1 aliphatic heterocycles. The van der Waals surface area contributed by atoms with Crippen LogP contribution in [0.25, 0.3) is 11.4 Å². The number of nitrogens with one attached hydrogen (secondary N) is 1. The van der Waals surface area contributed by atoms with Gasteiger partial charge in [0.1, 0.15) is 17.5 Å². The van der Waals surface area contributed by atoms with E-state index in [0.717, 1.165) is 61.3 Å². The predicted molar refractivity (Wildman–Crippen MR) is 114 cm³/mol. The topological polar surface area (TPSA) is 69.2 Å². The smallest absolute Gasteiger partial charge is 0.475 e. The van der Waals surface area contributed by atoms with Gasteiger partial charge in [0.2, 0.25) is 0 Å². The number of imidazole rings is 1. The van der Waals surface area contributed by atoms with Gasteiger partial charge in [-0.3, -0.25) is 4.90 Å². The van der Waals surface area contributed by atoms with E-state index in [2.05, 4.69) is 14.9 Å². The molecule has 1 unspecified atom stereocenters. The highest BCUT2D eigenvalue weighted by Gasteiger charge is 2.38. The standard InChI is InChI=1S/C22H21F2N3.C2HF3O2/c23-18-6-2-1-5-16(18)22-25-20-10-11-27(13-21(20)26-22)15-9-8-14-4-3-7-19(24)17(14)12-15;3-2(4,5)1(6)7/h1-7,15H,8-13H2,(H,25,26);(H,6,7). The molecule has 180 valence electrons. The minimum absolute atomic E-state index is 0.0849. The lowest BCUT2D eigenvalue weighted by atomic mass is 9.86. The third-order valence-corrected chi connectivity index (χ3v) is 6.15. The van der Waals surface area contributed by atoms with Crippen molar-refractivity contribution < 1.29 is 31.9 Å². The largest absolute Gasteiger partial charge is 0.490 e. The first-order chi connectivity index (χ1) is 16.1. The maximum Gasteiger partial charge on any atom is 0.490 e. The molecule has 0 bridgehead atoms. The van der Waals surface area contributed by atoms with Crippen LogP contribution in [0.5, 0.6) is 0 Å². The molecule has 2 N–H and O–H groups in total. The van der Waals surface area contributed by atoms with Crippen LogP contribution in [0.15, 0.2) is 42.5 Å². The molecule has 5 rings (SSSR count). The van der Waals surface area contributed by atoms with E-state index in [4.69, 9.17) is 9.90 Å². The Labute approximate surface area is 192 Å². The van der Waals surface area contributed by atoms with Crippen LogP contribution in [0, 0.1) is 11.6 Å². The summed E-state index contributed by atoms with van der Waals surface area (Å²) in [5, 5.41) is 7.12. The number of hydrogen-bond acceptors (Lipinski definition) is 3. The number of aromatic amines is 1. The summed E-state index contributed by atoms with van der Waals surface area (Å²) < 4.78 is 60.0. The first-order valence-electron chi connectivity index (χ1n) is 10.8. The van der Waals surface area contributed by atoms with Gasteiger partial charge in [0.25, 0.3) is 0 Å². The van der Waals surface area contributed by atoms with Crippen molar-refractivity contribution in [2.75, 3.05) is 6.54 Å². The lowest BCUT2D eigenvalue weighted by Gasteiger charge is -2.37. The molecular weight excluding hydrogens is 457 g/mol. The predicted octanol–water partition coefficient (Wildman–Crippen LogP) is 4.90. The number of carboxylic acid groups (broad SMARTS) is 1. The quantitative estimate of drug-likeness (QED) is 0.513. The molecule has 34 heavy (non-hydrogen) atoms. The number of aliphatic carboxylic acids is 1. The molecule has 0 radical (unpaired) electrons. The molecule has 0 spiro atoms. The summed E-state index contributed by atoms with van der Waals surface area (Å²) in [6.45, 7) is 1.66. The minimum Gasteiger partial charge on any atom is -0.475 e. The summed E-state index contributed by atoms with van der Waals surface area (Å²) in [6, 6.07) is 12.4. The first kappa shape index (κ1) is 23.9. The van der Waals surface area contributed by atoms with E-state index in [1.165, 1.54) is 6.07 Å². The average molecular weight is 479 g/mol. The van der Waals surface area contributed by atoms with Gasteiger partial charge in [-0.15, -0.1) is 0 Å². The van der Waals surface area contributed by atoms with Crippen molar-refractivity contribution in [3.05, 3.63) is 76.6 Å². The van der Waals surface area contributed by atoms with E-state index < -0.39 is 12.1 Å². The Hall–Kier alpha value is -3.27. The second-order valence-corrected chi connectivity index (χ2v) is 8.29. The van der Waals surface area contributed by atoms with Gasteiger partial charge in [-0.05, 0) is 48.6 Å². The Bertz CT molecular complexity index is 1190. The number of alkyl halides is 3. The Morgan fingerprint density at radius 3 is 2.47 bits per heavy atom. The lowest BCUT2D eigenvalue weighted by molar-refractivity contribution is -0.192. The molecule has 0 saturated heterocycles. The highest BCUT2D eigenvalue weighted by molar-refractivity contribution is 5.73. The van der Waals surface area contributed by atoms with E-state index in [9.17, 15) is 22.0 Å². The number of halogens is 5.